The van der Waals surface area contributed by atoms with Gasteiger partial charge in [-0.15, -0.1) is 0 Å². The van der Waals surface area contributed by atoms with E-state index in [1.165, 1.54) is 16.5 Å². The Morgan fingerprint density at radius 2 is 2.00 bits per heavy atom. The standard InChI is InChI=1S/C17H15N3/c1-2-13-5-3-6-14-8-10-20(17(13)14)12-15-7-4-9-19-16(15)11-18/h3-10H,2,12H2,1H3. The van der Waals surface area contributed by atoms with Crippen LogP contribution in [-0.2, 0) is 13.0 Å². The van der Waals surface area contributed by atoms with Crippen LogP contribution in [0.4, 0.5) is 0 Å². The number of hydrogen-bond acceptors (Lipinski definition) is 2. The summed E-state index contributed by atoms with van der Waals surface area (Å²) in [6.07, 6.45) is 4.74. The van der Waals surface area contributed by atoms with Crippen molar-refractivity contribution in [2.75, 3.05) is 0 Å². The van der Waals surface area contributed by atoms with Crippen molar-refractivity contribution in [1.82, 2.24) is 9.55 Å². The SMILES string of the molecule is CCc1cccc2ccn(Cc3cccnc3C#N)c12. The Morgan fingerprint density at radius 3 is 2.80 bits per heavy atom. The Labute approximate surface area is 118 Å². The van der Waals surface area contributed by atoms with Crippen molar-refractivity contribution in [3.8, 4) is 6.07 Å². The highest BCUT2D eigenvalue weighted by Crippen LogP contribution is 2.22. The number of benzene rings is 1. The molecule has 0 atom stereocenters. The largest absolute Gasteiger partial charge is 0.343 e. The number of para-hydroxylation sites is 1. The highest BCUT2D eigenvalue weighted by atomic mass is 15.0. The molecule has 3 aromatic rings. The summed E-state index contributed by atoms with van der Waals surface area (Å²) in [5.74, 6) is 0. The first kappa shape index (κ1) is 12.4. The van der Waals surface area contributed by atoms with Gasteiger partial charge in [-0.1, -0.05) is 31.2 Å². The summed E-state index contributed by atoms with van der Waals surface area (Å²) in [6.45, 7) is 2.84. The topological polar surface area (TPSA) is 41.6 Å². The number of pyridine rings is 1. The Balaban J connectivity index is 2.10. The number of nitriles is 1. The van der Waals surface area contributed by atoms with Gasteiger partial charge in [0.1, 0.15) is 11.8 Å². The molecule has 3 heteroatoms. The minimum atomic E-state index is 0.503. The normalized spacial score (nSPS) is 10.6. The third-order valence-corrected chi connectivity index (χ3v) is 3.59. The second-order valence-corrected chi connectivity index (χ2v) is 4.78. The summed E-state index contributed by atoms with van der Waals surface area (Å²) >= 11 is 0. The van der Waals surface area contributed by atoms with Crippen molar-refractivity contribution in [2.24, 2.45) is 0 Å². The predicted octanol–water partition coefficient (Wildman–Crippen LogP) is 3.52. The third-order valence-electron chi connectivity index (χ3n) is 3.59. The summed E-state index contributed by atoms with van der Waals surface area (Å²) in [5.41, 5.74) is 4.04. The molecule has 0 aliphatic carbocycles. The maximum atomic E-state index is 9.14. The van der Waals surface area contributed by atoms with Crippen LogP contribution in [0.1, 0.15) is 23.7 Å². The van der Waals surface area contributed by atoms with Gasteiger partial charge in [0.15, 0.2) is 0 Å². The van der Waals surface area contributed by atoms with Crippen LogP contribution >= 0.6 is 0 Å². The highest BCUT2D eigenvalue weighted by molar-refractivity contribution is 5.83. The van der Waals surface area contributed by atoms with Crippen molar-refractivity contribution in [3.05, 3.63) is 65.6 Å². The molecule has 2 aromatic heterocycles. The van der Waals surface area contributed by atoms with Crippen molar-refractivity contribution >= 4 is 10.9 Å². The summed E-state index contributed by atoms with van der Waals surface area (Å²) in [5, 5.41) is 10.4. The Kier molecular flexibility index (Phi) is 3.22. The minimum absolute atomic E-state index is 0.503. The van der Waals surface area contributed by atoms with Gasteiger partial charge < -0.3 is 4.57 Å². The van der Waals surface area contributed by atoms with Crippen LogP contribution in [0.2, 0.25) is 0 Å². The van der Waals surface area contributed by atoms with Crippen LogP contribution in [-0.4, -0.2) is 9.55 Å². The molecule has 3 rings (SSSR count). The van der Waals surface area contributed by atoms with Crippen LogP contribution in [0.15, 0.2) is 48.8 Å². The van der Waals surface area contributed by atoms with Crippen LogP contribution in [0.5, 0.6) is 0 Å². The fourth-order valence-corrected chi connectivity index (χ4v) is 2.61. The molecule has 1 aromatic carbocycles. The molecule has 98 valence electrons. The molecular weight excluding hydrogens is 246 g/mol. The number of nitrogens with zero attached hydrogens (tertiary/aromatic N) is 3. The molecule has 3 nitrogen and oxygen atoms in total. The maximum absolute atomic E-state index is 9.14. The lowest BCUT2D eigenvalue weighted by molar-refractivity contribution is 0.822. The molecule has 0 spiro atoms. The van der Waals surface area contributed by atoms with Gasteiger partial charge in [-0.3, -0.25) is 0 Å². The monoisotopic (exact) mass is 261 g/mol. The Bertz CT molecular complexity index is 793. The van der Waals surface area contributed by atoms with Crippen molar-refractivity contribution < 1.29 is 0 Å². The number of rotatable bonds is 3. The second-order valence-electron chi connectivity index (χ2n) is 4.78. The van der Waals surface area contributed by atoms with Gasteiger partial charge in [0.2, 0.25) is 0 Å². The van der Waals surface area contributed by atoms with E-state index < -0.39 is 0 Å². The molecule has 0 aliphatic rings. The zero-order valence-electron chi connectivity index (χ0n) is 11.4. The summed E-state index contributed by atoms with van der Waals surface area (Å²) in [4.78, 5) is 4.13. The first-order valence-electron chi connectivity index (χ1n) is 6.74. The van der Waals surface area contributed by atoms with Crippen LogP contribution < -0.4 is 0 Å². The van der Waals surface area contributed by atoms with Gasteiger partial charge in [-0.25, -0.2) is 4.98 Å². The predicted molar refractivity (Wildman–Crippen MR) is 79.4 cm³/mol. The van der Waals surface area contributed by atoms with E-state index in [-0.39, 0.29) is 0 Å². The molecule has 0 N–H and O–H groups in total. The average molecular weight is 261 g/mol. The van der Waals surface area contributed by atoms with Crippen LogP contribution in [0.3, 0.4) is 0 Å². The molecule has 0 aliphatic heterocycles. The lowest BCUT2D eigenvalue weighted by atomic mass is 10.1. The minimum Gasteiger partial charge on any atom is -0.343 e. The molecule has 0 fully saturated rings. The zero-order chi connectivity index (χ0) is 13.9. The van der Waals surface area contributed by atoms with Gasteiger partial charge in [0.25, 0.3) is 0 Å². The number of hydrogen-bond donors (Lipinski definition) is 0. The van der Waals surface area contributed by atoms with Gasteiger partial charge in [0, 0.05) is 18.0 Å². The summed E-state index contributed by atoms with van der Waals surface area (Å²) < 4.78 is 2.20. The smallest absolute Gasteiger partial charge is 0.145 e. The highest BCUT2D eigenvalue weighted by Gasteiger charge is 2.08. The number of aromatic nitrogens is 2. The Morgan fingerprint density at radius 1 is 1.15 bits per heavy atom. The van der Waals surface area contributed by atoms with Gasteiger partial charge in [0.05, 0.1) is 12.1 Å². The first-order valence-corrected chi connectivity index (χ1v) is 6.74. The summed E-state index contributed by atoms with van der Waals surface area (Å²) in [7, 11) is 0. The van der Waals surface area contributed by atoms with E-state index >= 15 is 0 Å². The second kappa shape index (κ2) is 5.18. The molecule has 0 saturated heterocycles. The molecule has 0 saturated carbocycles. The lowest BCUT2D eigenvalue weighted by Crippen LogP contribution is -2.03. The fourth-order valence-electron chi connectivity index (χ4n) is 2.61. The molecule has 2 heterocycles. The summed E-state index contributed by atoms with van der Waals surface area (Å²) in [6, 6.07) is 14.5. The van der Waals surface area contributed by atoms with Crippen molar-refractivity contribution in [1.29, 1.82) is 5.26 Å². The van der Waals surface area contributed by atoms with E-state index in [0.29, 0.717) is 12.2 Å². The lowest BCUT2D eigenvalue weighted by Gasteiger charge is -2.09. The van der Waals surface area contributed by atoms with Crippen LogP contribution in [0, 0.1) is 11.3 Å². The van der Waals surface area contributed by atoms with Gasteiger partial charge >= 0.3 is 0 Å². The number of fused-ring (bicyclic) bond motifs is 1. The van der Waals surface area contributed by atoms with E-state index in [1.54, 1.807) is 6.20 Å². The van der Waals surface area contributed by atoms with Crippen molar-refractivity contribution in [2.45, 2.75) is 19.9 Å². The van der Waals surface area contributed by atoms with Gasteiger partial charge in [-0.05, 0) is 29.5 Å². The third kappa shape index (κ3) is 2.06. The van der Waals surface area contributed by atoms with Gasteiger partial charge in [-0.2, -0.15) is 5.26 Å². The molecular formula is C17H15N3. The average Bonchev–Trinajstić information content (AvgIpc) is 2.91. The zero-order valence-corrected chi connectivity index (χ0v) is 11.4. The number of aryl methyl sites for hydroxylation is 1. The quantitative estimate of drug-likeness (QED) is 0.724. The maximum Gasteiger partial charge on any atom is 0.145 e. The molecule has 0 amide bonds. The van der Waals surface area contributed by atoms with E-state index in [1.807, 2.05) is 12.1 Å². The molecule has 0 radical (unpaired) electrons. The van der Waals surface area contributed by atoms with E-state index in [4.69, 9.17) is 5.26 Å². The van der Waals surface area contributed by atoms with E-state index in [2.05, 4.69) is 53.0 Å². The molecule has 0 bridgehead atoms. The van der Waals surface area contributed by atoms with E-state index in [9.17, 15) is 0 Å². The van der Waals surface area contributed by atoms with E-state index in [0.717, 1.165) is 12.0 Å². The Hall–Kier alpha value is -2.60. The fraction of sp³-hybridized carbons (Fsp3) is 0.176. The first-order chi connectivity index (χ1) is 9.83. The van der Waals surface area contributed by atoms with Crippen LogP contribution in [0.25, 0.3) is 10.9 Å². The molecule has 0 unspecified atom stereocenters. The van der Waals surface area contributed by atoms with Crippen molar-refractivity contribution in [3.63, 3.8) is 0 Å². The molecule has 20 heavy (non-hydrogen) atoms.